The molecule has 0 aliphatic carbocycles. The average Bonchev–Trinajstić information content (AvgIpc) is 2.53. The van der Waals surface area contributed by atoms with Crippen LogP contribution >= 0.6 is 0 Å². The van der Waals surface area contributed by atoms with Gasteiger partial charge in [-0.05, 0) is 32.4 Å². The molecule has 0 aliphatic heterocycles. The van der Waals surface area contributed by atoms with Crippen LogP contribution in [0.15, 0.2) is 30.3 Å². The van der Waals surface area contributed by atoms with Crippen LogP contribution in [-0.4, -0.2) is 31.1 Å². The quantitative estimate of drug-likeness (QED) is 0.591. The van der Waals surface area contributed by atoms with E-state index in [2.05, 4.69) is 5.32 Å². The van der Waals surface area contributed by atoms with Crippen LogP contribution < -0.4 is 10.1 Å². The SMILES string of the molecule is CCCC(C)(NC(=O)/C=C/c1ccccc1OCC)C(=O)OC. The Hall–Kier alpha value is -2.30. The number of para-hydroxylation sites is 1. The first kappa shape index (κ1) is 18.7. The standard InChI is InChI=1S/C18H25NO4/c1-5-13-18(3,17(21)22-4)19-16(20)12-11-14-9-7-8-10-15(14)23-6-2/h7-12H,5-6,13H2,1-4H3,(H,19,20)/b12-11+. The van der Waals surface area contributed by atoms with Crippen molar-refractivity contribution in [1.29, 1.82) is 0 Å². The highest BCUT2D eigenvalue weighted by atomic mass is 16.5. The van der Waals surface area contributed by atoms with Crippen LogP contribution in [0.3, 0.4) is 0 Å². The molecule has 5 nitrogen and oxygen atoms in total. The number of carbonyl (C=O) groups is 2. The minimum Gasteiger partial charge on any atom is -0.493 e. The van der Waals surface area contributed by atoms with E-state index in [4.69, 9.17) is 9.47 Å². The van der Waals surface area contributed by atoms with E-state index in [1.807, 2.05) is 38.1 Å². The predicted octanol–water partition coefficient (Wildman–Crippen LogP) is 2.95. The number of rotatable bonds is 8. The molecule has 1 unspecified atom stereocenters. The minimum atomic E-state index is -1.02. The normalized spacial score (nSPS) is 13.4. The number of hydrogen-bond donors (Lipinski definition) is 1. The van der Waals surface area contributed by atoms with Crippen LogP contribution in [0.25, 0.3) is 6.08 Å². The van der Waals surface area contributed by atoms with Crippen molar-refractivity contribution in [2.24, 2.45) is 0 Å². The summed E-state index contributed by atoms with van der Waals surface area (Å²) in [6.45, 7) is 6.07. The molecule has 1 N–H and O–H groups in total. The van der Waals surface area contributed by atoms with Gasteiger partial charge in [0.05, 0.1) is 13.7 Å². The predicted molar refractivity (Wildman–Crippen MR) is 90.1 cm³/mol. The number of nitrogens with one attached hydrogen (secondary N) is 1. The van der Waals surface area contributed by atoms with Crippen molar-refractivity contribution < 1.29 is 19.1 Å². The van der Waals surface area contributed by atoms with Crippen molar-refractivity contribution in [1.82, 2.24) is 5.32 Å². The zero-order valence-corrected chi connectivity index (χ0v) is 14.2. The van der Waals surface area contributed by atoms with Crippen LogP contribution in [0.4, 0.5) is 0 Å². The molecule has 5 heteroatoms. The summed E-state index contributed by atoms with van der Waals surface area (Å²) < 4.78 is 10.3. The molecule has 0 fully saturated rings. The number of esters is 1. The molecule has 0 bridgehead atoms. The van der Waals surface area contributed by atoms with E-state index < -0.39 is 11.5 Å². The van der Waals surface area contributed by atoms with E-state index in [1.54, 1.807) is 13.0 Å². The zero-order chi connectivity index (χ0) is 17.3. The van der Waals surface area contributed by atoms with Crippen LogP contribution in [0.1, 0.15) is 39.2 Å². The Morgan fingerprint density at radius 3 is 2.57 bits per heavy atom. The minimum absolute atomic E-state index is 0.349. The van der Waals surface area contributed by atoms with E-state index >= 15 is 0 Å². The maximum absolute atomic E-state index is 12.1. The molecule has 126 valence electrons. The summed E-state index contributed by atoms with van der Waals surface area (Å²) in [5, 5.41) is 2.73. The topological polar surface area (TPSA) is 64.6 Å². The smallest absolute Gasteiger partial charge is 0.331 e. The van der Waals surface area contributed by atoms with Gasteiger partial charge in [0.2, 0.25) is 5.91 Å². The van der Waals surface area contributed by atoms with Gasteiger partial charge in [0.25, 0.3) is 0 Å². The first-order chi connectivity index (χ1) is 11.0. The molecule has 0 spiro atoms. The highest BCUT2D eigenvalue weighted by Gasteiger charge is 2.34. The Labute approximate surface area is 137 Å². The van der Waals surface area contributed by atoms with Crippen LogP contribution in [0.2, 0.25) is 0 Å². The first-order valence-electron chi connectivity index (χ1n) is 7.77. The molecule has 23 heavy (non-hydrogen) atoms. The molecule has 0 heterocycles. The molecule has 0 aliphatic rings. The molecule has 0 radical (unpaired) electrons. The summed E-state index contributed by atoms with van der Waals surface area (Å²) in [7, 11) is 1.32. The van der Waals surface area contributed by atoms with Gasteiger partial charge in [-0.1, -0.05) is 31.5 Å². The van der Waals surface area contributed by atoms with Crippen LogP contribution in [-0.2, 0) is 14.3 Å². The van der Waals surface area contributed by atoms with Crippen molar-refractivity contribution in [2.45, 2.75) is 39.2 Å². The van der Waals surface area contributed by atoms with E-state index in [0.29, 0.717) is 18.8 Å². The second-order valence-corrected chi connectivity index (χ2v) is 5.37. The molecule has 0 aromatic heterocycles. The largest absolute Gasteiger partial charge is 0.493 e. The molecule has 0 saturated heterocycles. The summed E-state index contributed by atoms with van der Waals surface area (Å²) >= 11 is 0. The fourth-order valence-corrected chi connectivity index (χ4v) is 2.33. The number of ether oxygens (including phenoxy) is 2. The van der Waals surface area contributed by atoms with Crippen molar-refractivity contribution in [3.63, 3.8) is 0 Å². The maximum atomic E-state index is 12.1. The first-order valence-corrected chi connectivity index (χ1v) is 7.77. The van der Waals surface area contributed by atoms with Crippen molar-refractivity contribution in [3.8, 4) is 5.75 Å². The number of methoxy groups -OCH3 is 1. The molecule has 1 aromatic carbocycles. The van der Waals surface area contributed by atoms with Gasteiger partial charge < -0.3 is 14.8 Å². The number of carbonyl (C=O) groups excluding carboxylic acids is 2. The van der Waals surface area contributed by atoms with Gasteiger partial charge in [0.15, 0.2) is 0 Å². The Morgan fingerprint density at radius 2 is 1.96 bits per heavy atom. The maximum Gasteiger partial charge on any atom is 0.331 e. The highest BCUT2D eigenvalue weighted by molar-refractivity contribution is 5.96. The Balaban J connectivity index is 2.84. The second-order valence-electron chi connectivity index (χ2n) is 5.37. The van der Waals surface area contributed by atoms with Crippen molar-refractivity contribution >= 4 is 18.0 Å². The fourth-order valence-electron chi connectivity index (χ4n) is 2.33. The third kappa shape index (κ3) is 5.43. The lowest BCUT2D eigenvalue weighted by atomic mass is 9.96. The van der Waals surface area contributed by atoms with Gasteiger partial charge in [0.1, 0.15) is 11.3 Å². The second kappa shape index (κ2) is 8.98. The van der Waals surface area contributed by atoms with E-state index in [1.165, 1.54) is 13.2 Å². The third-order valence-corrected chi connectivity index (χ3v) is 3.42. The number of benzene rings is 1. The monoisotopic (exact) mass is 319 g/mol. The lowest BCUT2D eigenvalue weighted by molar-refractivity contribution is -0.150. The third-order valence-electron chi connectivity index (χ3n) is 3.42. The molecule has 1 rings (SSSR count). The lowest BCUT2D eigenvalue weighted by Gasteiger charge is -2.26. The van der Waals surface area contributed by atoms with Crippen molar-refractivity contribution in [2.75, 3.05) is 13.7 Å². The average molecular weight is 319 g/mol. The highest BCUT2D eigenvalue weighted by Crippen LogP contribution is 2.19. The molecule has 0 saturated carbocycles. The zero-order valence-electron chi connectivity index (χ0n) is 14.2. The summed E-state index contributed by atoms with van der Waals surface area (Å²) in [6.07, 6.45) is 4.33. The van der Waals surface area contributed by atoms with Gasteiger partial charge in [-0.25, -0.2) is 4.79 Å². The Kier molecular flexibility index (Phi) is 7.32. The molecular formula is C18H25NO4. The number of hydrogen-bond acceptors (Lipinski definition) is 4. The molecular weight excluding hydrogens is 294 g/mol. The molecule has 1 aromatic rings. The summed E-state index contributed by atoms with van der Waals surface area (Å²) in [5.74, 6) is -0.0863. The van der Waals surface area contributed by atoms with E-state index in [0.717, 1.165) is 12.0 Å². The van der Waals surface area contributed by atoms with Gasteiger partial charge in [-0.3, -0.25) is 4.79 Å². The van der Waals surface area contributed by atoms with Gasteiger partial charge in [-0.2, -0.15) is 0 Å². The van der Waals surface area contributed by atoms with E-state index in [9.17, 15) is 9.59 Å². The van der Waals surface area contributed by atoms with Crippen LogP contribution in [0, 0.1) is 0 Å². The molecule has 1 amide bonds. The Bertz CT molecular complexity index is 568. The summed E-state index contributed by atoms with van der Waals surface area (Å²) in [4.78, 5) is 24.0. The molecule has 1 atom stereocenters. The summed E-state index contributed by atoms with van der Waals surface area (Å²) in [6, 6.07) is 7.45. The fraction of sp³-hybridized carbons (Fsp3) is 0.444. The van der Waals surface area contributed by atoms with Gasteiger partial charge in [-0.15, -0.1) is 0 Å². The van der Waals surface area contributed by atoms with Gasteiger partial charge >= 0.3 is 5.97 Å². The number of amides is 1. The van der Waals surface area contributed by atoms with Gasteiger partial charge in [0, 0.05) is 11.6 Å². The van der Waals surface area contributed by atoms with Crippen molar-refractivity contribution in [3.05, 3.63) is 35.9 Å². The lowest BCUT2D eigenvalue weighted by Crippen LogP contribution is -2.52. The Morgan fingerprint density at radius 1 is 1.26 bits per heavy atom. The summed E-state index contributed by atoms with van der Waals surface area (Å²) in [5.41, 5.74) is -0.218. The van der Waals surface area contributed by atoms with E-state index in [-0.39, 0.29) is 5.91 Å². The van der Waals surface area contributed by atoms with Crippen LogP contribution in [0.5, 0.6) is 5.75 Å².